The van der Waals surface area contributed by atoms with E-state index < -0.39 is 0 Å². The molecule has 1 saturated heterocycles. The summed E-state index contributed by atoms with van der Waals surface area (Å²) in [7, 11) is 0. The van der Waals surface area contributed by atoms with Crippen LogP contribution in [-0.4, -0.2) is 39.0 Å². The van der Waals surface area contributed by atoms with Gasteiger partial charge >= 0.3 is 0 Å². The molecular weight excluding hydrogens is 300 g/mol. The second kappa shape index (κ2) is 7.00. The topological polar surface area (TPSA) is 72.1 Å². The Hall–Kier alpha value is -1.76. The number of hydrogen-bond acceptors (Lipinski definition) is 6. The molecule has 1 unspecified atom stereocenters. The van der Waals surface area contributed by atoms with Crippen LogP contribution in [-0.2, 0) is 17.6 Å². The molecule has 0 spiro atoms. The van der Waals surface area contributed by atoms with Crippen LogP contribution in [0.15, 0.2) is 16.1 Å². The molecule has 22 heavy (non-hydrogen) atoms. The molecule has 1 aliphatic rings. The summed E-state index contributed by atoms with van der Waals surface area (Å²) in [5.41, 5.74) is 0. The summed E-state index contributed by atoms with van der Waals surface area (Å²) in [6, 6.07) is 0. The van der Waals surface area contributed by atoms with Crippen molar-refractivity contribution >= 4 is 17.2 Å². The monoisotopic (exact) mass is 320 g/mol. The maximum absolute atomic E-state index is 12.4. The molecule has 7 heteroatoms. The summed E-state index contributed by atoms with van der Waals surface area (Å²) in [4.78, 5) is 23.0. The van der Waals surface area contributed by atoms with Crippen molar-refractivity contribution < 1.29 is 9.32 Å². The molecule has 3 rings (SSSR count). The highest BCUT2D eigenvalue weighted by atomic mass is 32.1. The van der Waals surface area contributed by atoms with Gasteiger partial charge in [-0.25, -0.2) is 4.98 Å². The Morgan fingerprint density at radius 1 is 1.55 bits per heavy atom. The predicted molar refractivity (Wildman–Crippen MR) is 82.7 cm³/mol. The summed E-state index contributed by atoms with van der Waals surface area (Å²) in [5, 5.41) is 6.99. The van der Waals surface area contributed by atoms with Gasteiger partial charge in [0.1, 0.15) is 0 Å². The van der Waals surface area contributed by atoms with Crippen LogP contribution in [0.2, 0.25) is 0 Å². The van der Waals surface area contributed by atoms with Crippen molar-refractivity contribution in [3.8, 4) is 0 Å². The minimum Gasteiger partial charge on any atom is -0.342 e. The lowest BCUT2D eigenvalue weighted by Crippen LogP contribution is -2.39. The number of rotatable bonds is 5. The minimum absolute atomic E-state index is 0.164. The van der Waals surface area contributed by atoms with Gasteiger partial charge in [0.15, 0.2) is 5.82 Å². The third-order valence-corrected chi connectivity index (χ3v) is 4.89. The van der Waals surface area contributed by atoms with Crippen molar-refractivity contribution in [3.05, 3.63) is 28.3 Å². The summed E-state index contributed by atoms with van der Waals surface area (Å²) in [6.45, 7) is 3.59. The van der Waals surface area contributed by atoms with E-state index in [1.807, 2.05) is 23.4 Å². The number of carbonyl (C=O) groups excluding carboxylic acids is 1. The molecule has 0 bridgehead atoms. The standard InChI is InChI=1S/C15H20N4O2S/c1-2-12-17-13(21-18-12)5-6-14(20)19-8-3-4-11(10-19)15-16-7-9-22-15/h7,9,11H,2-6,8,10H2,1H3. The number of aromatic nitrogens is 3. The summed E-state index contributed by atoms with van der Waals surface area (Å²) in [6.07, 6.45) is 5.68. The lowest BCUT2D eigenvalue weighted by Gasteiger charge is -2.31. The Kier molecular flexibility index (Phi) is 4.82. The van der Waals surface area contributed by atoms with Gasteiger partial charge in [0.2, 0.25) is 11.8 Å². The van der Waals surface area contributed by atoms with Gasteiger partial charge in [-0.2, -0.15) is 4.98 Å². The number of amides is 1. The van der Waals surface area contributed by atoms with E-state index in [9.17, 15) is 4.79 Å². The Balaban J connectivity index is 1.53. The number of piperidine rings is 1. The quantitative estimate of drug-likeness (QED) is 0.846. The van der Waals surface area contributed by atoms with Crippen LogP contribution in [0.3, 0.4) is 0 Å². The fourth-order valence-electron chi connectivity index (χ4n) is 2.75. The van der Waals surface area contributed by atoms with Crippen LogP contribution < -0.4 is 0 Å². The van der Waals surface area contributed by atoms with Gasteiger partial charge in [-0.3, -0.25) is 4.79 Å². The number of likely N-dealkylation sites (tertiary alicyclic amines) is 1. The van der Waals surface area contributed by atoms with Gasteiger partial charge in [-0.05, 0) is 12.8 Å². The van der Waals surface area contributed by atoms with E-state index in [4.69, 9.17) is 4.52 Å². The molecule has 118 valence electrons. The van der Waals surface area contributed by atoms with Gasteiger partial charge in [0, 0.05) is 49.8 Å². The second-order valence-corrected chi connectivity index (χ2v) is 6.43. The lowest BCUT2D eigenvalue weighted by molar-refractivity contribution is -0.132. The highest BCUT2D eigenvalue weighted by Gasteiger charge is 2.26. The molecular formula is C15H20N4O2S. The Labute approximate surface area is 133 Å². The van der Waals surface area contributed by atoms with Crippen molar-refractivity contribution in [2.75, 3.05) is 13.1 Å². The van der Waals surface area contributed by atoms with Crippen LogP contribution >= 0.6 is 11.3 Å². The molecule has 0 aromatic carbocycles. The van der Waals surface area contributed by atoms with E-state index in [0.29, 0.717) is 30.5 Å². The Morgan fingerprint density at radius 2 is 2.45 bits per heavy atom. The fourth-order valence-corrected chi connectivity index (χ4v) is 3.52. The van der Waals surface area contributed by atoms with E-state index in [1.54, 1.807) is 11.3 Å². The number of aryl methyl sites for hydroxylation is 2. The first kappa shape index (κ1) is 15.1. The maximum atomic E-state index is 12.4. The van der Waals surface area contributed by atoms with Gasteiger partial charge < -0.3 is 9.42 Å². The zero-order chi connectivity index (χ0) is 15.4. The summed E-state index contributed by atoms with van der Waals surface area (Å²) in [5.74, 6) is 1.80. The molecule has 2 aromatic heterocycles. The maximum Gasteiger partial charge on any atom is 0.227 e. The second-order valence-electron chi connectivity index (χ2n) is 5.51. The third-order valence-electron chi connectivity index (χ3n) is 3.95. The summed E-state index contributed by atoms with van der Waals surface area (Å²) >= 11 is 1.68. The lowest BCUT2D eigenvalue weighted by atomic mass is 9.98. The van der Waals surface area contributed by atoms with E-state index in [0.717, 1.165) is 37.4 Å². The molecule has 3 heterocycles. The van der Waals surface area contributed by atoms with E-state index in [1.165, 1.54) is 0 Å². The molecule has 0 radical (unpaired) electrons. The van der Waals surface area contributed by atoms with Crippen molar-refractivity contribution in [1.29, 1.82) is 0 Å². The van der Waals surface area contributed by atoms with Crippen LogP contribution in [0.25, 0.3) is 0 Å². The van der Waals surface area contributed by atoms with Gasteiger partial charge in [-0.1, -0.05) is 12.1 Å². The predicted octanol–water partition coefficient (Wildman–Crippen LogP) is 2.43. The smallest absolute Gasteiger partial charge is 0.227 e. The first-order valence-corrected chi connectivity index (χ1v) is 8.63. The van der Waals surface area contributed by atoms with E-state index in [2.05, 4.69) is 15.1 Å². The fraction of sp³-hybridized carbons (Fsp3) is 0.600. The minimum atomic E-state index is 0.164. The van der Waals surface area contributed by atoms with Crippen molar-refractivity contribution in [1.82, 2.24) is 20.0 Å². The molecule has 1 aliphatic heterocycles. The molecule has 1 atom stereocenters. The third kappa shape index (κ3) is 3.52. The van der Waals surface area contributed by atoms with Gasteiger partial charge in [0.25, 0.3) is 0 Å². The molecule has 0 aliphatic carbocycles. The average molecular weight is 320 g/mol. The number of thiazole rings is 1. The van der Waals surface area contributed by atoms with Crippen LogP contribution in [0, 0.1) is 0 Å². The molecule has 2 aromatic rings. The normalized spacial score (nSPS) is 18.6. The summed E-state index contributed by atoms with van der Waals surface area (Å²) < 4.78 is 5.13. The highest BCUT2D eigenvalue weighted by Crippen LogP contribution is 2.28. The van der Waals surface area contributed by atoms with E-state index >= 15 is 0 Å². The number of hydrogen-bond donors (Lipinski definition) is 0. The van der Waals surface area contributed by atoms with Crippen molar-refractivity contribution in [2.24, 2.45) is 0 Å². The SMILES string of the molecule is CCc1noc(CCC(=O)N2CCCC(c3nccs3)C2)n1. The van der Waals surface area contributed by atoms with Crippen LogP contribution in [0.4, 0.5) is 0 Å². The van der Waals surface area contributed by atoms with Crippen molar-refractivity contribution in [2.45, 2.75) is 44.9 Å². The molecule has 1 amide bonds. The van der Waals surface area contributed by atoms with Crippen LogP contribution in [0.1, 0.15) is 48.8 Å². The molecule has 6 nitrogen and oxygen atoms in total. The van der Waals surface area contributed by atoms with E-state index in [-0.39, 0.29) is 5.91 Å². The first-order chi connectivity index (χ1) is 10.8. The zero-order valence-corrected chi connectivity index (χ0v) is 13.5. The highest BCUT2D eigenvalue weighted by molar-refractivity contribution is 7.09. The largest absolute Gasteiger partial charge is 0.342 e. The Morgan fingerprint density at radius 3 is 3.18 bits per heavy atom. The van der Waals surface area contributed by atoms with Gasteiger partial charge in [-0.15, -0.1) is 11.3 Å². The molecule has 0 saturated carbocycles. The average Bonchev–Trinajstić information content (AvgIpc) is 3.24. The molecule has 1 fully saturated rings. The number of nitrogens with zero attached hydrogens (tertiary/aromatic N) is 4. The van der Waals surface area contributed by atoms with Crippen LogP contribution in [0.5, 0.6) is 0 Å². The van der Waals surface area contributed by atoms with Crippen molar-refractivity contribution in [3.63, 3.8) is 0 Å². The molecule has 0 N–H and O–H groups in total. The van der Waals surface area contributed by atoms with Gasteiger partial charge in [0.05, 0.1) is 5.01 Å². The Bertz CT molecular complexity index is 611. The first-order valence-electron chi connectivity index (χ1n) is 7.75. The number of carbonyl (C=O) groups is 1. The zero-order valence-electron chi connectivity index (χ0n) is 12.7.